The predicted molar refractivity (Wildman–Crippen MR) is 104 cm³/mol. The Morgan fingerprint density at radius 2 is 1.46 bits per heavy atom. The molecule has 0 atom stereocenters. The molecule has 2 amide bonds. The number of carbonyl (C=O) groups excluding carboxylic acids is 1. The van der Waals surface area contributed by atoms with Crippen LogP contribution in [0.2, 0.25) is 5.02 Å². The molecule has 3 aromatic carbocycles. The minimum absolute atomic E-state index is 0.332. The minimum atomic E-state index is -0.332. The molecular formula is C20H14ClN3O2. The van der Waals surface area contributed by atoms with Crippen LogP contribution in [0, 0.1) is 0 Å². The van der Waals surface area contributed by atoms with Gasteiger partial charge in [0.15, 0.2) is 5.58 Å². The molecule has 128 valence electrons. The van der Waals surface area contributed by atoms with Gasteiger partial charge in [0.2, 0.25) is 5.89 Å². The van der Waals surface area contributed by atoms with Gasteiger partial charge in [-0.05, 0) is 60.7 Å². The van der Waals surface area contributed by atoms with Gasteiger partial charge in [0.05, 0.1) is 0 Å². The van der Waals surface area contributed by atoms with Gasteiger partial charge in [-0.3, -0.25) is 0 Å². The molecule has 0 fully saturated rings. The van der Waals surface area contributed by atoms with Crippen molar-refractivity contribution < 1.29 is 9.21 Å². The molecule has 0 radical (unpaired) electrons. The van der Waals surface area contributed by atoms with Crippen LogP contribution in [0.25, 0.3) is 22.6 Å². The molecule has 0 bridgehead atoms. The molecule has 1 aromatic heterocycles. The number of amides is 2. The van der Waals surface area contributed by atoms with Crippen molar-refractivity contribution in [2.75, 3.05) is 10.6 Å². The molecule has 0 saturated heterocycles. The normalized spacial score (nSPS) is 10.7. The van der Waals surface area contributed by atoms with E-state index in [-0.39, 0.29) is 6.03 Å². The number of hydrogen-bond acceptors (Lipinski definition) is 3. The first-order valence-corrected chi connectivity index (χ1v) is 8.35. The van der Waals surface area contributed by atoms with E-state index in [9.17, 15) is 4.79 Å². The van der Waals surface area contributed by atoms with Gasteiger partial charge in [-0.25, -0.2) is 9.78 Å². The number of oxazole rings is 1. The smallest absolute Gasteiger partial charge is 0.323 e. The molecule has 0 unspecified atom stereocenters. The third kappa shape index (κ3) is 3.53. The number of aromatic nitrogens is 1. The van der Waals surface area contributed by atoms with Gasteiger partial charge in [0.25, 0.3) is 0 Å². The summed E-state index contributed by atoms with van der Waals surface area (Å²) in [7, 11) is 0. The molecule has 6 heteroatoms. The highest BCUT2D eigenvalue weighted by Gasteiger charge is 2.08. The number of nitrogens with zero attached hydrogens (tertiary/aromatic N) is 1. The van der Waals surface area contributed by atoms with Crippen molar-refractivity contribution in [3.8, 4) is 11.5 Å². The maximum Gasteiger partial charge on any atom is 0.323 e. The SMILES string of the molecule is O=C(Nc1ccc(Cl)cc1)Nc1ccc(-c2nc3ccccc3o2)cc1. The van der Waals surface area contributed by atoms with Gasteiger partial charge >= 0.3 is 6.03 Å². The van der Waals surface area contributed by atoms with E-state index in [4.69, 9.17) is 16.0 Å². The lowest BCUT2D eigenvalue weighted by atomic mass is 10.2. The van der Waals surface area contributed by atoms with Crippen LogP contribution in [0.4, 0.5) is 16.2 Å². The van der Waals surface area contributed by atoms with Gasteiger partial charge in [-0.1, -0.05) is 23.7 Å². The number of halogens is 1. The Balaban J connectivity index is 1.45. The Bertz CT molecular complexity index is 1020. The summed E-state index contributed by atoms with van der Waals surface area (Å²) in [6.45, 7) is 0. The first-order chi connectivity index (χ1) is 12.7. The lowest BCUT2D eigenvalue weighted by molar-refractivity contribution is 0.262. The van der Waals surface area contributed by atoms with Crippen LogP contribution >= 0.6 is 11.6 Å². The van der Waals surface area contributed by atoms with Crippen molar-refractivity contribution in [2.24, 2.45) is 0 Å². The second-order valence-electron chi connectivity index (χ2n) is 5.65. The summed E-state index contributed by atoms with van der Waals surface area (Å²) >= 11 is 5.83. The third-order valence-corrected chi connectivity index (χ3v) is 4.04. The Hall–Kier alpha value is -3.31. The monoisotopic (exact) mass is 363 g/mol. The summed E-state index contributed by atoms with van der Waals surface area (Å²) < 4.78 is 5.74. The second kappa shape index (κ2) is 6.90. The standard InChI is InChI=1S/C20H14ClN3O2/c21-14-7-11-16(12-8-14)23-20(25)22-15-9-5-13(6-10-15)19-24-17-3-1-2-4-18(17)26-19/h1-12H,(H2,22,23,25). The number of rotatable bonds is 3. The Morgan fingerprint density at radius 1 is 0.846 bits per heavy atom. The fourth-order valence-corrected chi connectivity index (χ4v) is 2.64. The summed E-state index contributed by atoms with van der Waals surface area (Å²) in [5.41, 5.74) is 3.72. The van der Waals surface area contributed by atoms with E-state index in [2.05, 4.69) is 15.6 Å². The molecule has 0 aliphatic carbocycles. The van der Waals surface area contributed by atoms with Gasteiger partial charge in [0, 0.05) is 22.0 Å². The third-order valence-electron chi connectivity index (χ3n) is 3.79. The summed E-state index contributed by atoms with van der Waals surface area (Å²) in [6, 6.07) is 21.5. The van der Waals surface area contributed by atoms with Gasteiger partial charge in [0.1, 0.15) is 5.52 Å². The number of carbonyl (C=O) groups is 1. The van der Waals surface area contributed by atoms with Gasteiger partial charge in [-0.15, -0.1) is 0 Å². The molecular weight excluding hydrogens is 350 g/mol. The van der Waals surface area contributed by atoms with Crippen LogP contribution in [-0.4, -0.2) is 11.0 Å². The number of para-hydroxylation sites is 2. The van der Waals surface area contributed by atoms with Crippen LogP contribution in [0.15, 0.2) is 77.2 Å². The summed E-state index contributed by atoms with van der Waals surface area (Å²) in [5.74, 6) is 0.545. The van der Waals surface area contributed by atoms with E-state index in [0.717, 1.165) is 16.7 Å². The molecule has 5 nitrogen and oxygen atoms in total. The highest BCUT2D eigenvalue weighted by atomic mass is 35.5. The van der Waals surface area contributed by atoms with Crippen molar-refractivity contribution in [1.82, 2.24) is 4.98 Å². The Morgan fingerprint density at radius 3 is 2.12 bits per heavy atom. The van der Waals surface area contributed by atoms with Crippen molar-refractivity contribution in [3.05, 3.63) is 77.8 Å². The van der Waals surface area contributed by atoms with Crippen molar-refractivity contribution >= 4 is 40.1 Å². The van der Waals surface area contributed by atoms with E-state index in [0.29, 0.717) is 22.3 Å². The number of nitrogens with one attached hydrogen (secondary N) is 2. The van der Waals surface area contributed by atoms with Crippen LogP contribution in [0.3, 0.4) is 0 Å². The lowest BCUT2D eigenvalue weighted by Crippen LogP contribution is -2.19. The van der Waals surface area contributed by atoms with Crippen molar-refractivity contribution in [1.29, 1.82) is 0 Å². The highest BCUT2D eigenvalue weighted by molar-refractivity contribution is 6.30. The molecule has 0 aliphatic heterocycles. The number of benzene rings is 3. The zero-order valence-corrected chi connectivity index (χ0v) is 14.3. The van der Waals surface area contributed by atoms with E-state index in [1.54, 1.807) is 36.4 Å². The minimum Gasteiger partial charge on any atom is -0.436 e. The largest absolute Gasteiger partial charge is 0.436 e. The van der Waals surface area contributed by atoms with Crippen LogP contribution < -0.4 is 10.6 Å². The molecule has 26 heavy (non-hydrogen) atoms. The molecule has 0 spiro atoms. The summed E-state index contributed by atoms with van der Waals surface area (Å²) in [4.78, 5) is 16.5. The highest BCUT2D eigenvalue weighted by Crippen LogP contribution is 2.25. The maximum atomic E-state index is 12.1. The number of anilines is 2. The lowest BCUT2D eigenvalue weighted by Gasteiger charge is -2.08. The molecule has 0 aliphatic rings. The zero-order chi connectivity index (χ0) is 17.9. The average molecular weight is 364 g/mol. The number of fused-ring (bicyclic) bond motifs is 1. The second-order valence-corrected chi connectivity index (χ2v) is 6.09. The average Bonchev–Trinajstić information content (AvgIpc) is 3.08. The van der Waals surface area contributed by atoms with E-state index in [1.807, 2.05) is 36.4 Å². The van der Waals surface area contributed by atoms with Crippen LogP contribution in [-0.2, 0) is 0 Å². The van der Waals surface area contributed by atoms with Gasteiger partial charge in [-0.2, -0.15) is 0 Å². The predicted octanol–water partition coefficient (Wildman–Crippen LogP) is 5.79. The van der Waals surface area contributed by atoms with E-state index >= 15 is 0 Å². The molecule has 0 saturated carbocycles. The molecule has 1 heterocycles. The van der Waals surface area contributed by atoms with Crippen molar-refractivity contribution in [2.45, 2.75) is 0 Å². The van der Waals surface area contributed by atoms with E-state index in [1.165, 1.54) is 0 Å². The van der Waals surface area contributed by atoms with E-state index < -0.39 is 0 Å². The fourth-order valence-electron chi connectivity index (χ4n) is 2.52. The molecule has 2 N–H and O–H groups in total. The summed E-state index contributed by atoms with van der Waals surface area (Å²) in [6.07, 6.45) is 0. The summed E-state index contributed by atoms with van der Waals surface area (Å²) in [5, 5.41) is 6.13. The van der Waals surface area contributed by atoms with Crippen LogP contribution in [0.5, 0.6) is 0 Å². The zero-order valence-electron chi connectivity index (χ0n) is 13.6. The Labute approximate surface area is 154 Å². The number of urea groups is 1. The topological polar surface area (TPSA) is 67.2 Å². The first-order valence-electron chi connectivity index (χ1n) is 7.97. The number of hydrogen-bond donors (Lipinski definition) is 2. The fraction of sp³-hybridized carbons (Fsp3) is 0. The quantitative estimate of drug-likeness (QED) is 0.484. The maximum absolute atomic E-state index is 12.1. The molecule has 4 aromatic rings. The first kappa shape index (κ1) is 16.2. The Kier molecular flexibility index (Phi) is 4.29. The van der Waals surface area contributed by atoms with Gasteiger partial charge < -0.3 is 15.1 Å². The molecule has 4 rings (SSSR count). The van der Waals surface area contributed by atoms with Crippen LogP contribution in [0.1, 0.15) is 0 Å². The van der Waals surface area contributed by atoms with Crippen molar-refractivity contribution in [3.63, 3.8) is 0 Å².